The summed E-state index contributed by atoms with van der Waals surface area (Å²) in [5, 5.41) is 20.2. The number of likely N-dealkylation sites (N-methyl/N-ethyl adjacent to an activating group) is 1. The van der Waals surface area contributed by atoms with Gasteiger partial charge in [-0.3, -0.25) is 10.8 Å². The van der Waals surface area contributed by atoms with Crippen molar-refractivity contribution in [1.82, 2.24) is 15.1 Å². The minimum Gasteiger partial charge on any atom is -0.488 e. The number of piperazine rings is 1. The summed E-state index contributed by atoms with van der Waals surface area (Å²) in [6.45, 7) is 7.01. The minimum absolute atomic E-state index is 0.0961. The fourth-order valence-electron chi connectivity index (χ4n) is 3.32. The Bertz CT molecular complexity index is 798. The number of allylic oxidation sites excluding steroid dienone is 1. The lowest BCUT2D eigenvalue weighted by molar-refractivity contribution is 0.125. The van der Waals surface area contributed by atoms with Gasteiger partial charge in [-0.15, -0.1) is 0 Å². The molecule has 1 aliphatic heterocycles. The predicted molar refractivity (Wildman–Crippen MR) is 114 cm³/mol. The molecule has 7 nitrogen and oxygen atoms in total. The molecule has 3 rings (SSSR count). The van der Waals surface area contributed by atoms with Crippen molar-refractivity contribution in [2.75, 3.05) is 39.5 Å². The molecular weight excluding hydrogens is 352 g/mol. The number of ether oxygens (including phenoxy) is 1. The van der Waals surface area contributed by atoms with Crippen molar-refractivity contribution in [2.24, 2.45) is 0 Å². The molecule has 0 aromatic heterocycles. The molecule has 0 spiro atoms. The molecule has 0 unspecified atom stereocenters. The van der Waals surface area contributed by atoms with Crippen molar-refractivity contribution in [2.45, 2.75) is 38.3 Å². The van der Waals surface area contributed by atoms with Crippen molar-refractivity contribution in [3.8, 4) is 5.75 Å². The van der Waals surface area contributed by atoms with Crippen LogP contribution < -0.4 is 15.8 Å². The van der Waals surface area contributed by atoms with Crippen molar-refractivity contribution >= 4 is 17.1 Å². The number of benzene rings is 1. The van der Waals surface area contributed by atoms with Crippen LogP contribution in [0.25, 0.3) is 0 Å². The van der Waals surface area contributed by atoms with E-state index < -0.39 is 0 Å². The zero-order chi connectivity index (χ0) is 20.5. The molecule has 0 amide bonds. The molecule has 5 N–H and O–H groups in total. The summed E-state index contributed by atoms with van der Waals surface area (Å²) in [7, 11) is 3.98. The summed E-state index contributed by atoms with van der Waals surface area (Å²) in [5.74, 6) is 1.55. The van der Waals surface area contributed by atoms with E-state index in [1.165, 1.54) is 0 Å². The molecule has 2 aliphatic rings. The topological polar surface area (TPSA) is 101 Å². The summed E-state index contributed by atoms with van der Waals surface area (Å²) in [6, 6.07) is 5.80. The van der Waals surface area contributed by atoms with E-state index in [4.69, 9.17) is 21.3 Å². The highest BCUT2D eigenvalue weighted by atomic mass is 16.5. The zero-order valence-corrected chi connectivity index (χ0v) is 17.3. The van der Waals surface area contributed by atoms with Crippen molar-refractivity contribution in [3.63, 3.8) is 0 Å². The van der Waals surface area contributed by atoms with Gasteiger partial charge in [0.1, 0.15) is 17.2 Å². The zero-order valence-electron chi connectivity index (χ0n) is 17.3. The van der Waals surface area contributed by atoms with Gasteiger partial charge < -0.3 is 25.6 Å². The van der Waals surface area contributed by atoms with Crippen molar-refractivity contribution in [3.05, 3.63) is 35.7 Å². The summed E-state index contributed by atoms with van der Waals surface area (Å²) < 4.78 is 5.99. The number of anilines is 1. The van der Waals surface area contributed by atoms with Gasteiger partial charge in [0, 0.05) is 50.1 Å². The molecule has 1 aliphatic carbocycles. The van der Waals surface area contributed by atoms with Crippen LogP contribution in [0.4, 0.5) is 5.69 Å². The maximum Gasteiger partial charge on any atom is 0.120 e. The smallest absolute Gasteiger partial charge is 0.120 e. The average molecular weight is 385 g/mol. The Labute approximate surface area is 167 Å². The molecule has 28 heavy (non-hydrogen) atoms. The van der Waals surface area contributed by atoms with Crippen LogP contribution in [0.5, 0.6) is 5.75 Å². The fraction of sp³-hybridized carbons (Fsp3) is 0.524. The number of rotatable bonds is 7. The normalized spacial score (nSPS) is 21.9. The lowest BCUT2D eigenvalue weighted by Crippen LogP contribution is -2.51. The molecule has 1 aromatic carbocycles. The van der Waals surface area contributed by atoms with E-state index in [0.717, 1.165) is 38.3 Å². The van der Waals surface area contributed by atoms with E-state index >= 15 is 0 Å². The van der Waals surface area contributed by atoms with Gasteiger partial charge in [0.05, 0.1) is 11.4 Å². The Balaban J connectivity index is 1.76. The lowest BCUT2D eigenvalue weighted by Gasteiger charge is -2.39. The molecular formula is C21H32N6O. The summed E-state index contributed by atoms with van der Waals surface area (Å²) in [4.78, 5) is 4.55. The van der Waals surface area contributed by atoms with E-state index in [-0.39, 0.29) is 17.0 Å². The molecule has 1 heterocycles. The molecule has 152 valence electrons. The second-order valence-electron chi connectivity index (χ2n) is 8.14. The third-order valence-electron chi connectivity index (χ3n) is 5.72. The predicted octanol–water partition coefficient (Wildman–Crippen LogP) is 2.28. The first-order chi connectivity index (χ1) is 13.2. The van der Waals surface area contributed by atoms with Crippen LogP contribution in [0, 0.1) is 10.8 Å². The highest BCUT2D eigenvalue weighted by molar-refractivity contribution is 6.50. The van der Waals surface area contributed by atoms with E-state index in [0.29, 0.717) is 23.0 Å². The standard InChI is InChI=1S/C21H32N6O/c1-14-13-27(10-9-26(14)4)19(25-3)12-18(23)20(24)16-11-15(5-6-17(16)22)28-21(2)7-8-21/h5-6,11-12,14,23-25H,7-10,13,22H2,1-4H3/b19-12+,23-18?,24-20?/t14-/m0/s1. The van der Waals surface area contributed by atoms with Gasteiger partial charge in [-0.25, -0.2) is 0 Å². The fourth-order valence-corrected chi connectivity index (χ4v) is 3.32. The molecule has 0 radical (unpaired) electrons. The Morgan fingerprint density at radius 2 is 2.04 bits per heavy atom. The van der Waals surface area contributed by atoms with Crippen LogP contribution in [-0.2, 0) is 0 Å². The second-order valence-corrected chi connectivity index (χ2v) is 8.14. The molecule has 0 bridgehead atoms. The third-order valence-corrected chi connectivity index (χ3v) is 5.72. The molecule has 7 heteroatoms. The second kappa shape index (κ2) is 7.83. The average Bonchev–Trinajstić information content (AvgIpc) is 3.39. The van der Waals surface area contributed by atoms with Crippen LogP contribution in [0.2, 0.25) is 0 Å². The quantitative estimate of drug-likeness (QED) is 0.427. The number of nitrogen functional groups attached to an aromatic ring is 1. The number of hydrogen-bond acceptors (Lipinski definition) is 7. The largest absolute Gasteiger partial charge is 0.488 e. The van der Waals surface area contributed by atoms with Gasteiger partial charge in [-0.05, 0) is 51.9 Å². The Morgan fingerprint density at radius 3 is 2.64 bits per heavy atom. The first-order valence-corrected chi connectivity index (χ1v) is 9.83. The van der Waals surface area contributed by atoms with E-state index in [2.05, 4.69) is 36.0 Å². The maximum absolute atomic E-state index is 8.51. The molecule has 1 saturated heterocycles. The first kappa shape index (κ1) is 20.2. The number of nitrogens with two attached hydrogens (primary N) is 1. The van der Waals surface area contributed by atoms with Gasteiger partial charge in [0.15, 0.2) is 0 Å². The van der Waals surface area contributed by atoms with E-state index in [1.54, 1.807) is 18.2 Å². The van der Waals surface area contributed by atoms with Gasteiger partial charge in [0.25, 0.3) is 0 Å². The van der Waals surface area contributed by atoms with E-state index in [9.17, 15) is 0 Å². The van der Waals surface area contributed by atoms with Crippen LogP contribution >= 0.6 is 0 Å². The Morgan fingerprint density at radius 1 is 1.32 bits per heavy atom. The van der Waals surface area contributed by atoms with Crippen LogP contribution in [-0.4, -0.2) is 66.6 Å². The van der Waals surface area contributed by atoms with Crippen LogP contribution in [0.15, 0.2) is 30.1 Å². The summed E-state index contributed by atoms with van der Waals surface area (Å²) in [5.41, 5.74) is 7.24. The summed E-state index contributed by atoms with van der Waals surface area (Å²) in [6.07, 6.45) is 3.80. The number of hydrogen-bond donors (Lipinski definition) is 4. The van der Waals surface area contributed by atoms with Gasteiger partial charge >= 0.3 is 0 Å². The molecule has 2 fully saturated rings. The molecule has 1 saturated carbocycles. The molecule has 1 aromatic rings. The Hall–Kier alpha value is -2.54. The van der Waals surface area contributed by atoms with Crippen LogP contribution in [0.3, 0.4) is 0 Å². The lowest BCUT2D eigenvalue weighted by atomic mass is 10.0. The van der Waals surface area contributed by atoms with Crippen LogP contribution in [0.1, 0.15) is 32.3 Å². The van der Waals surface area contributed by atoms with Gasteiger partial charge in [0.2, 0.25) is 0 Å². The number of nitrogens with one attached hydrogen (secondary N) is 3. The highest BCUT2D eigenvalue weighted by Gasteiger charge is 2.40. The Kier molecular flexibility index (Phi) is 5.65. The first-order valence-electron chi connectivity index (χ1n) is 9.83. The van der Waals surface area contributed by atoms with Gasteiger partial charge in [-0.2, -0.15) is 0 Å². The van der Waals surface area contributed by atoms with Crippen molar-refractivity contribution < 1.29 is 4.74 Å². The maximum atomic E-state index is 8.51. The number of nitrogens with zero attached hydrogens (tertiary/aromatic N) is 2. The van der Waals surface area contributed by atoms with Gasteiger partial charge in [-0.1, -0.05) is 0 Å². The summed E-state index contributed by atoms with van der Waals surface area (Å²) >= 11 is 0. The highest BCUT2D eigenvalue weighted by Crippen LogP contribution is 2.40. The van der Waals surface area contributed by atoms with Crippen molar-refractivity contribution in [1.29, 1.82) is 10.8 Å². The third kappa shape index (κ3) is 4.47. The monoisotopic (exact) mass is 384 g/mol. The van der Waals surface area contributed by atoms with E-state index in [1.807, 2.05) is 13.1 Å². The SMILES string of the molecule is CN/C(=C\C(=N)C(=N)c1cc(OC2(C)CC2)ccc1N)N1CCN(C)[C@@H](C)C1. The minimum atomic E-state index is -0.0968. The molecule has 1 atom stereocenters.